The van der Waals surface area contributed by atoms with E-state index in [0.717, 1.165) is 32.1 Å². The Bertz CT molecular complexity index is 831. The summed E-state index contributed by atoms with van der Waals surface area (Å²) in [4.78, 5) is 17.8. The molecule has 1 N–H and O–H groups in total. The molecule has 0 radical (unpaired) electrons. The lowest BCUT2D eigenvalue weighted by atomic mass is 9.93. The fourth-order valence-electron chi connectivity index (χ4n) is 4.04. The van der Waals surface area contributed by atoms with Gasteiger partial charge in [-0.3, -0.25) is 4.79 Å². The van der Waals surface area contributed by atoms with E-state index in [1.807, 2.05) is 0 Å². The molecule has 2 heterocycles. The SMILES string of the molecule is O=C(COc1cc(C2=NOC3(CCOC3)C2)ccc1OCC(F)(F)F)NC1CCCC1. The Kier molecular flexibility index (Phi) is 6.27. The number of carbonyl (C=O) groups is 1. The quantitative estimate of drug-likeness (QED) is 0.701. The summed E-state index contributed by atoms with van der Waals surface area (Å²) >= 11 is 0. The molecule has 2 fully saturated rings. The maximum Gasteiger partial charge on any atom is 0.422 e. The average molecular weight is 442 g/mol. The summed E-state index contributed by atoms with van der Waals surface area (Å²) in [6.45, 7) is -0.737. The first-order chi connectivity index (χ1) is 14.8. The molecule has 10 heteroatoms. The van der Waals surface area contributed by atoms with E-state index in [1.165, 1.54) is 12.1 Å². The third-order valence-corrected chi connectivity index (χ3v) is 5.65. The molecule has 1 atom stereocenters. The first-order valence-electron chi connectivity index (χ1n) is 10.4. The highest BCUT2D eigenvalue weighted by Gasteiger charge is 2.43. The van der Waals surface area contributed by atoms with E-state index in [2.05, 4.69) is 10.5 Å². The zero-order valence-electron chi connectivity index (χ0n) is 17.0. The van der Waals surface area contributed by atoms with Gasteiger partial charge in [0.05, 0.1) is 18.9 Å². The van der Waals surface area contributed by atoms with Gasteiger partial charge in [-0.25, -0.2) is 0 Å². The average Bonchev–Trinajstić information content (AvgIpc) is 3.48. The van der Waals surface area contributed by atoms with E-state index in [1.54, 1.807) is 6.07 Å². The van der Waals surface area contributed by atoms with Gasteiger partial charge in [-0.05, 0) is 31.0 Å². The lowest BCUT2D eigenvalue weighted by Crippen LogP contribution is -2.36. The maximum absolute atomic E-state index is 12.6. The van der Waals surface area contributed by atoms with E-state index in [0.29, 0.717) is 30.9 Å². The van der Waals surface area contributed by atoms with Crippen LogP contribution in [0.2, 0.25) is 0 Å². The van der Waals surface area contributed by atoms with Gasteiger partial charge in [0.2, 0.25) is 0 Å². The van der Waals surface area contributed by atoms with Crippen LogP contribution in [-0.4, -0.2) is 55.9 Å². The van der Waals surface area contributed by atoms with Gasteiger partial charge in [0.15, 0.2) is 30.3 Å². The molecule has 1 aromatic carbocycles. The highest BCUT2D eigenvalue weighted by molar-refractivity contribution is 6.02. The summed E-state index contributed by atoms with van der Waals surface area (Å²) in [7, 11) is 0. The molecular weight excluding hydrogens is 417 g/mol. The third kappa shape index (κ3) is 5.61. The molecule has 1 spiro atoms. The summed E-state index contributed by atoms with van der Waals surface area (Å²) in [6.07, 6.45) is 0.738. The van der Waals surface area contributed by atoms with Crippen molar-refractivity contribution in [3.8, 4) is 11.5 Å². The summed E-state index contributed by atoms with van der Waals surface area (Å²) < 4.78 is 53.8. The predicted molar refractivity (Wildman–Crippen MR) is 104 cm³/mol. The molecule has 1 aliphatic carbocycles. The minimum absolute atomic E-state index is 0.0506. The molecular formula is C21H25F3N2O5. The second kappa shape index (κ2) is 8.94. The van der Waals surface area contributed by atoms with E-state index in [4.69, 9.17) is 19.0 Å². The number of ether oxygens (including phenoxy) is 3. The van der Waals surface area contributed by atoms with Crippen LogP contribution >= 0.6 is 0 Å². The highest BCUT2D eigenvalue weighted by atomic mass is 19.4. The van der Waals surface area contributed by atoms with Crippen molar-refractivity contribution in [3.63, 3.8) is 0 Å². The number of benzene rings is 1. The van der Waals surface area contributed by atoms with Crippen molar-refractivity contribution in [3.05, 3.63) is 23.8 Å². The second-order valence-electron chi connectivity index (χ2n) is 8.19. The van der Waals surface area contributed by atoms with Gasteiger partial charge in [0.25, 0.3) is 5.91 Å². The van der Waals surface area contributed by atoms with Crippen LogP contribution in [0.25, 0.3) is 0 Å². The Hall–Kier alpha value is -2.49. The van der Waals surface area contributed by atoms with Crippen LogP contribution in [0.1, 0.15) is 44.1 Å². The number of alkyl halides is 3. The molecule has 7 nitrogen and oxygen atoms in total. The van der Waals surface area contributed by atoms with Crippen LogP contribution in [-0.2, 0) is 14.4 Å². The lowest BCUT2D eigenvalue weighted by molar-refractivity contribution is -0.153. The fourth-order valence-corrected chi connectivity index (χ4v) is 4.04. The van der Waals surface area contributed by atoms with Gasteiger partial charge in [-0.2, -0.15) is 13.2 Å². The van der Waals surface area contributed by atoms with E-state index < -0.39 is 18.4 Å². The molecule has 31 heavy (non-hydrogen) atoms. The van der Waals surface area contributed by atoms with Crippen LogP contribution in [0.4, 0.5) is 13.2 Å². The number of hydrogen-bond donors (Lipinski definition) is 1. The lowest BCUT2D eigenvalue weighted by Gasteiger charge is -2.18. The largest absolute Gasteiger partial charge is 0.480 e. The van der Waals surface area contributed by atoms with Gasteiger partial charge < -0.3 is 24.4 Å². The van der Waals surface area contributed by atoms with E-state index in [9.17, 15) is 18.0 Å². The standard InChI is InChI=1S/C21H25F3N2O5/c22-21(23,24)13-30-17-6-5-14(16-10-20(31-26-16)7-8-28-12-20)9-18(17)29-11-19(27)25-15-3-1-2-4-15/h5-6,9,15H,1-4,7-8,10-13H2,(H,25,27). The van der Waals surface area contributed by atoms with Crippen molar-refractivity contribution in [1.29, 1.82) is 0 Å². The van der Waals surface area contributed by atoms with Crippen molar-refractivity contribution in [2.75, 3.05) is 26.4 Å². The zero-order chi connectivity index (χ0) is 21.9. The van der Waals surface area contributed by atoms with Gasteiger partial charge in [0.1, 0.15) is 0 Å². The van der Waals surface area contributed by atoms with Crippen LogP contribution in [0, 0.1) is 0 Å². The number of oxime groups is 1. The molecule has 0 bridgehead atoms. The Morgan fingerprint density at radius 1 is 1.23 bits per heavy atom. The topological polar surface area (TPSA) is 78.4 Å². The van der Waals surface area contributed by atoms with Crippen molar-refractivity contribution >= 4 is 11.6 Å². The zero-order valence-corrected chi connectivity index (χ0v) is 17.0. The molecule has 1 unspecified atom stereocenters. The van der Waals surface area contributed by atoms with Crippen molar-refractivity contribution in [1.82, 2.24) is 5.32 Å². The summed E-state index contributed by atoms with van der Waals surface area (Å²) in [5.41, 5.74) is 0.797. The molecule has 4 rings (SSSR count). The predicted octanol–water partition coefficient (Wildman–Crippen LogP) is 3.35. The van der Waals surface area contributed by atoms with E-state index >= 15 is 0 Å². The molecule has 3 aliphatic rings. The number of rotatable bonds is 7. The van der Waals surface area contributed by atoms with Crippen LogP contribution in [0.15, 0.2) is 23.4 Å². The normalized spacial score (nSPS) is 23.6. The van der Waals surface area contributed by atoms with Crippen molar-refractivity contribution < 1.29 is 37.0 Å². The minimum Gasteiger partial charge on any atom is -0.480 e. The molecule has 1 saturated heterocycles. The molecule has 170 valence electrons. The van der Waals surface area contributed by atoms with Crippen LogP contribution in [0.5, 0.6) is 11.5 Å². The monoisotopic (exact) mass is 442 g/mol. The second-order valence-corrected chi connectivity index (χ2v) is 8.19. The minimum atomic E-state index is -4.49. The van der Waals surface area contributed by atoms with Gasteiger partial charge in [-0.15, -0.1) is 0 Å². The van der Waals surface area contributed by atoms with E-state index in [-0.39, 0.29) is 30.1 Å². The number of carbonyl (C=O) groups excluding carboxylic acids is 1. The number of hydrogen-bond acceptors (Lipinski definition) is 6. The fraction of sp³-hybridized carbons (Fsp3) is 0.619. The number of amides is 1. The molecule has 2 aliphatic heterocycles. The van der Waals surface area contributed by atoms with Crippen LogP contribution < -0.4 is 14.8 Å². The Balaban J connectivity index is 1.45. The van der Waals surface area contributed by atoms with Gasteiger partial charge in [-0.1, -0.05) is 18.0 Å². The van der Waals surface area contributed by atoms with Gasteiger partial charge in [0, 0.05) is 24.4 Å². The Labute approximate surface area is 177 Å². The Morgan fingerprint density at radius 2 is 2.03 bits per heavy atom. The molecule has 0 aromatic heterocycles. The number of nitrogens with one attached hydrogen (secondary N) is 1. The first-order valence-corrected chi connectivity index (χ1v) is 10.4. The van der Waals surface area contributed by atoms with Crippen molar-refractivity contribution in [2.45, 2.75) is 56.3 Å². The molecule has 1 saturated carbocycles. The van der Waals surface area contributed by atoms with Crippen molar-refractivity contribution in [2.24, 2.45) is 5.16 Å². The molecule has 1 aromatic rings. The van der Waals surface area contributed by atoms with Crippen LogP contribution in [0.3, 0.4) is 0 Å². The summed E-state index contributed by atoms with van der Waals surface area (Å²) in [5.74, 6) is -0.356. The maximum atomic E-state index is 12.6. The highest BCUT2D eigenvalue weighted by Crippen LogP contribution is 2.36. The number of nitrogens with zero attached hydrogens (tertiary/aromatic N) is 1. The van der Waals surface area contributed by atoms with Gasteiger partial charge >= 0.3 is 6.18 Å². The third-order valence-electron chi connectivity index (χ3n) is 5.65. The summed E-state index contributed by atoms with van der Waals surface area (Å²) in [6, 6.07) is 4.65. The summed E-state index contributed by atoms with van der Waals surface area (Å²) in [5, 5.41) is 7.03. The Morgan fingerprint density at radius 3 is 2.74 bits per heavy atom. The smallest absolute Gasteiger partial charge is 0.422 e. The molecule has 1 amide bonds. The first kappa shape index (κ1) is 21.7. The number of halogens is 3.